The molecule has 0 aliphatic carbocycles. The van der Waals surface area contributed by atoms with Crippen molar-refractivity contribution in [3.63, 3.8) is 0 Å². The zero-order valence-electron chi connectivity index (χ0n) is 10.8. The lowest BCUT2D eigenvalue weighted by atomic mass is 10.2. The fraction of sp³-hybridized carbons (Fsp3) is 0.727. The van der Waals surface area contributed by atoms with E-state index in [1.807, 2.05) is 14.0 Å². The van der Waals surface area contributed by atoms with E-state index in [0.717, 1.165) is 19.5 Å². The summed E-state index contributed by atoms with van der Waals surface area (Å²) in [5.74, 6) is -1.15. The molecule has 0 aromatic heterocycles. The van der Waals surface area contributed by atoms with E-state index in [4.69, 9.17) is 5.73 Å². The highest BCUT2D eigenvalue weighted by atomic mass is 32.1. The van der Waals surface area contributed by atoms with Gasteiger partial charge in [0.05, 0.1) is 11.5 Å². The van der Waals surface area contributed by atoms with Gasteiger partial charge in [0.2, 0.25) is 0 Å². The molecule has 1 rings (SSSR count). The molecule has 7 heteroatoms. The Morgan fingerprint density at radius 3 is 2.72 bits per heavy atom. The number of carbonyl (C=O) groups excluding carboxylic acids is 2. The standard InChI is InChI=1S/C11H20N4O2S/c1-8-7-14(2)4-3-5-15(8)11(17)10(16)13-6-9(12)18/h8H,3-7H2,1-2H3,(H2,12,18)(H,13,16). The number of hydrogen-bond donors (Lipinski definition) is 2. The summed E-state index contributed by atoms with van der Waals surface area (Å²) in [5.41, 5.74) is 5.27. The smallest absolute Gasteiger partial charge is 0.312 e. The van der Waals surface area contributed by atoms with E-state index < -0.39 is 11.8 Å². The number of thiocarbonyl (C=S) groups is 1. The lowest BCUT2D eigenvalue weighted by molar-refractivity contribution is -0.146. The molecule has 1 aliphatic heterocycles. The summed E-state index contributed by atoms with van der Waals surface area (Å²) in [6, 6.07) is 0.0283. The minimum atomic E-state index is -0.640. The maximum Gasteiger partial charge on any atom is 0.312 e. The predicted octanol–water partition coefficient (Wildman–Crippen LogP) is -1.06. The average Bonchev–Trinajstić information content (AvgIpc) is 2.45. The Hall–Kier alpha value is -1.21. The van der Waals surface area contributed by atoms with Crippen LogP contribution in [-0.2, 0) is 9.59 Å². The number of nitrogens with two attached hydrogens (primary N) is 1. The number of amides is 2. The summed E-state index contributed by atoms with van der Waals surface area (Å²) in [7, 11) is 2.01. The van der Waals surface area contributed by atoms with Crippen LogP contribution in [0, 0.1) is 0 Å². The van der Waals surface area contributed by atoms with Gasteiger partial charge in [0.1, 0.15) is 0 Å². The largest absolute Gasteiger partial charge is 0.392 e. The second-order valence-corrected chi connectivity index (χ2v) is 5.14. The van der Waals surface area contributed by atoms with Crippen molar-refractivity contribution in [2.45, 2.75) is 19.4 Å². The number of carbonyl (C=O) groups is 2. The number of rotatable bonds is 2. The van der Waals surface area contributed by atoms with Crippen molar-refractivity contribution in [2.24, 2.45) is 5.73 Å². The molecular formula is C11H20N4O2S. The maximum absolute atomic E-state index is 12.0. The molecule has 0 aromatic rings. The molecule has 102 valence electrons. The summed E-state index contributed by atoms with van der Waals surface area (Å²) in [6.45, 7) is 4.31. The number of nitrogens with one attached hydrogen (secondary N) is 1. The highest BCUT2D eigenvalue weighted by molar-refractivity contribution is 7.80. The van der Waals surface area contributed by atoms with Crippen LogP contribution in [0.1, 0.15) is 13.3 Å². The summed E-state index contributed by atoms with van der Waals surface area (Å²) in [4.78, 5) is 27.6. The molecule has 1 unspecified atom stereocenters. The van der Waals surface area contributed by atoms with Gasteiger partial charge in [-0.2, -0.15) is 0 Å². The van der Waals surface area contributed by atoms with E-state index in [1.54, 1.807) is 4.90 Å². The lowest BCUT2D eigenvalue weighted by Gasteiger charge is -2.27. The molecular weight excluding hydrogens is 252 g/mol. The van der Waals surface area contributed by atoms with Crippen molar-refractivity contribution in [1.29, 1.82) is 0 Å². The van der Waals surface area contributed by atoms with Crippen LogP contribution in [0.15, 0.2) is 0 Å². The normalized spacial score (nSPS) is 21.2. The fourth-order valence-corrected chi connectivity index (χ4v) is 2.12. The molecule has 18 heavy (non-hydrogen) atoms. The van der Waals surface area contributed by atoms with Gasteiger partial charge in [-0.3, -0.25) is 9.59 Å². The Morgan fingerprint density at radius 1 is 1.44 bits per heavy atom. The third kappa shape index (κ3) is 4.23. The molecule has 0 saturated carbocycles. The Kier molecular flexibility index (Phi) is 5.49. The van der Waals surface area contributed by atoms with Crippen LogP contribution in [0.3, 0.4) is 0 Å². The molecule has 1 fully saturated rings. The van der Waals surface area contributed by atoms with Gasteiger partial charge in [-0.05, 0) is 26.9 Å². The maximum atomic E-state index is 12.0. The van der Waals surface area contributed by atoms with Gasteiger partial charge in [0.25, 0.3) is 0 Å². The van der Waals surface area contributed by atoms with E-state index in [0.29, 0.717) is 6.54 Å². The van der Waals surface area contributed by atoms with E-state index in [9.17, 15) is 9.59 Å². The second kappa shape index (κ2) is 6.65. The molecule has 1 aliphatic rings. The molecule has 0 bridgehead atoms. The van der Waals surface area contributed by atoms with Crippen LogP contribution in [0.25, 0.3) is 0 Å². The van der Waals surface area contributed by atoms with E-state index in [2.05, 4.69) is 22.4 Å². The molecule has 6 nitrogen and oxygen atoms in total. The number of likely N-dealkylation sites (N-methyl/N-ethyl adjacent to an activating group) is 1. The Bertz CT molecular complexity index is 348. The Balaban J connectivity index is 2.58. The second-order valence-electron chi connectivity index (χ2n) is 4.61. The summed E-state index contributed by atoms with van der Waals surface area (Å²) >= 11 is 4.65. The van der Waals surface area contributed by atoms with Crippen LogP contribution in [0.2, 0.25) is 0 Å². The predicted molar refractivity (Wildman–Crippen MR) is 73.1 cm³/mol. The molecule has 0 aromatic carbocycles. The van der Waals surface area contributed by atoms with Crippen molar-refractivity contribution < 1.29 is 9.59 Å². The van der Waals surface area contributed by atoms with Crippen molar-refractivity contribution in [1.82, 2.24) is 15.1 Å². The third-order valence-corrected chi connectivity index (χ3v) is 3.07. The lowest BCUT2D eigenvalue weighted by Crippen LogP contribution is -2.49. The van der Waals surface area contributed by atoms with Crippen molar-refractivity contribution in [3.8, 4) is 0 Å². The van der Waals surface area contributed by atoms with Crippen LogP contribution >= 0.6 is 12.2 Å². The summed E-state index contributed by atoms with van der Waals surface area (Å²) in [5, 5.41) is 2.42. The molecule has 0 radical (unpaired) electrons. The quantitative estimate of drug-likeness (QED) is 0.495. The molecule has 1 atom stereocenters. The fourth-order valence-electron chi connectivity index (χ4n) is 2.05. The van der Waals surface area contributed by atoms with E-state index in [-0.39, 0.29) is 17.6 Å². The van der Waals surface area contributed by atoms with Gasteiger partial charge in [-0.1, -0.05) is 12.2 Å². The Morgan fingerprint density at radius 2 is 2.11 bits per heavy atom. The van der Waals surface area contributed by atoms with Gasteiger partial charge < -0.3 is 20.9 Å². The molecule has 1 heterocycles. The van der Waals surface area contributed by atoms with Crippen LogP contribution in [0.4, 0.5) is 0 Å². The zero-order valence-corrected chi connectivity index (χ0v) is 11.6. The first-order chi connectivity index (χ1) is 8.41. The molecule has 1 saturated heterocycles. The SMILES string of the molecule is CC1CN(C)CCCN1C(=O)C(=O)NCC(N)=S. The Labute approximate surface area is 112 Å². The average molecular weight is 272 g/mol. The van der Waals surface area contributed by atoms with Gasteiger partial charge in [-0.25, -0.2) is 0 Å². The van der Waals surface area contributed by atoms with Crippen LogP contribution < -0.4 is 11.1 Å². The van der Waals surface area contributed by atoms with Gasteiger partial charge in [0.15, 0.2) is 0 Å². The van der Waals surface area contributed by atoms with Crippen LogP contribution in [-0.4, -0.2) is 65.9 Å². The topological polar surface area (TPSA) is 78.7 Å². The van der Waals surface area contributed by atoms with E-state index in [1.165, 1.54) is 0 Å². The molecule has 3 N–H and O–H groups in total. The molecule has 2 amide bonds. The first kappa shape index (κ1) is 14.8. The van der Waals surface area contributed by atoms with Crippen LogP contribution in [0.5, 0.6) is 0 Å². The first-order valence-electron chi connectivity index (χ1n) is 5.97. The van der Waals surface area contributed by atoms with Crippen molar-refractivity contribution in [2.75, 3.05) is 33.2 Å². The van der Waals surface area contributed by atoms with Gasteiger partial charge in [-0.15, -0.1) is 0 Å². The van der Waals surface area contributed by atoms with E-state index >= 15 is 0 Å². The van der Waals surface area contributed by atoms with Crippen molar-refractivity contribution >= 4 is 29.0 Å². The zero-order chi connectivity index (χ0) is 13.7. The first-order valence-corrected chi connectivity index (χ1v) is 6.38. The summed E-state index contributed by atoms with van der Waals surface area (Å²) in [6.07, 6.45) is 0.870. The highest BCUT2D eigenvalue weighted by Crippen LogP contribution is 2.08. The monoisotopic (exact) mass is 272 g/mol. The van der Waals surface area contributed by atoms with Crippen molar-refractivity contribution in [3.05, 3.63) is 0 Å². The minimum absolute atomic E-state index is 0.0283. The van der Waals surface area contributed by atoms with Gasteiger partial charge in [0, 0.05) is 19.1 Å². The highest BCUT2D eigenvalue weighted by Gasteiger charge is 2.28. The number of hydrogen-bond acceptors (Lipinski definition) is 4. The minimum Gasteiger partial charge on any atom is -0.392 e. The third-order valence-electron chi connectivity index (χ3n) is 2.93. The summed E-state index contributed by atoms with van der Waals surface area (Å²) < 4.78 is 0. The van der Waals surface area contributed by atoms with Gasteiger partial charge >= 0.3 is 11.8 Å². The molecule has 0 spiro atoms. The number of nitrogens with zero attached hydrogens (tertiary/aromatic N) is 2.